The Morgan fingerprint density at radius 2 is 1.09 bits per heavy atom. The van der Waals surface area contributed by atoms with Crippen molar-refractivity contribution in [2.75, 3.05) is 45.0 Å². The molecule has 180 valence electrons. The molecular formula is C29H37ClN4. The van der Waals surface area contributed by atoms with E-state index in [1.807, 2.05) is 12.1 Å². The smallest absolute Gasteiger partial charge is 0.0491 e. The Morgan fingerprint density at radius 1 is 0.588 bits per heavy atom. The van der Waals surface area contributed by atoms with Crippen molar-refractivity contribution in [2.45, 2.75) is 32.2 Å². The number of nitrogens with zero attached hydrogens (tertiary/aromatic N) is 3. The lowest BCUT2D eigenvalue weighted by molar-refractivity contribution is 0.129. The number of benzene rings is 3. The van der Waals surface area contributed by atoms with E-state index in [4.69, 9.17) is 5.73 Å². The number of piperazine rings is 1. The molecule has 0 amide bonds. The molecule has 5 heteroatoms. The molecule has 1 aliphatic rings. The second kappa shape index (κ2) is 11.7. The van der Waals surface area contributed by atoms with E-state index in [2.05, 4.69) is 75.0 Å². The third-order valence-corrected chi connectivity index (χ3v) is 7.17. The molecule has 0 aliphatic carbocycles. The second-order valence-electron chi connectivity index (χ2n) is 9.42. The zero-order valence-corrected chi connectivity index (χ0v) is 20.9. The van der Waals surface area contributed by atoms with Gasteiger partial charge in [0.15, 0.2) is 0 Å². The first-order chi connectivity index (χ1) is 16.3. The molecule has 2 heterocycles. The van der Waals surface area contributed by atoms with Gasteiger partial charge in [-0.05, 0) is 68.6 Å². The van der Waals surface area contributed by atoms with Crippen molar-refractivity contribution >= 4 is 39.9 Å². The number of hydrogen-bond donors (Lipinski definition) is 1. The van der Waals surface area contributed by atoms with Gasteiger partial charge in [0.2, 0.25) is 0 Å². The third-order valence-electron chi connectivity index (χ3n) is 7.17. The van der Waals surface area contributed by atoms with Gasteiger partial charge in [-0.25, -0.2) is 0 Å². The number of rotatable bonds is 9. The van der Waals surface area contributed by atoms with Gasteiger partial charge in [0.25, 0.3) is 0 Å². The van der Waals surface area contributed by atoms with Gasteiger partial charge in [-0.1, -0.05) is 48.5 Å². The topological polar surface area (TPSA) is 37.4 Å². The number of aromatic nitrogens is 1. The maximum Gasteiger partial charge on any atom is 0.0491 e. The van der Waals surface area contributed by atoms with Gasteiger partial charge in [0.05, 0.1) is 0 Å². The molecule has 0 unspecified atom stereocenters. The summed E-state index contributed by atoms with van der Waals surface area (Å²) in [7, 11) is 0. The number of fused-ring (bicyclic) bond motifs is 3. The van der Waals surface area contributed by atoms with Crippen LogP contribution in [-0.4, -0.2) is 53.6 Å². The highest BCUT2D eigenvalue weighted by atomic mass is 35.5. The molecular weight excluding hydrogens is 440 g/mol. The van der Waals surface area contributed by atoms with Crippen LogP contribution < -0.4 is 5.73 Å². The van der Waals surface area contributed by atoms with Crippen molar-refractivity contribution in [3.8, 4) is 0 Å². The normalized spacial score (nSPS) is 15.1. The number of nitrogens with two attached hydrogens (primary N) is 1. The summed E-state index contributed by atoms with van der Waals surface area (Å²) < 4.78 is 2.52. The summed E-state index contributed by atoms with van der Waals surface area (Å²) in [6.45, 7) is 8.33. The van der Waals surface area contributed by atoms with Crippen LogP contribution in [0.15, 0.2) is 72.8 Å². The molecule has 3 aromatic carbocycles. The van der Waals surface area contributed by atoms with Crippen molar-refractivity contribution in [2.24, 2.45) is 0 Å². The summed E-state index contributed by atoms with van der Waals surface area (Å²) >= 11 is 0. The predicted octanol–water partition coefficient (Wildman–Crippen LogP) is 5.83. The fraction of sp³-hybridized carbons (Fsp3) is 0.379. The van der Waals surface area contributed by atoms with Crippen LogP contribution in [0, 0.1) is 0 Å². The molecule has 4 aromatic rings. The van der Waals surface area contributed by atoms with E-state index in [-0.39, 0.29) is 12.4 Å². The molecule has 0 radical (unpaired) electrons. The maximum absolute atomic E-state index is 5.78. The zero-order chi connectivity index (χ0) is 22.5. The molecule has 34 heavy (non-hydrogen) atoms. The zero-order valence-electron chi connectivity index (χ0n) is 20.0. The molecule has 5 rings (SSSR count). The van der Waals surface area contributed by atoms with E-state index >= 15 is 0 Å². The molecule has 0 spiro atoms. The summed E-state index contributed by atoms with van der Waals surface area (Å²) in [6.07, 6.45) is 4.86. The van der Waals surface area contributed by atoms with E-state index in [1.165, 1.54) is 85.9 Å². The van der Waals surface area contributed by atoms with Gasteiger partial charge < -0.3 is 20.1 Å². The molecule has 0 saturated carbocycles. The average Bonchev–Trinajstić information content (AvgIpc) is 3.18. The van der Waals surface area contributed by atoms with Crippen LogP contribution in [-0.2, 0) is 13.0 Å². The highest BCUT2D eigenvalue weighted by molar-refractivity contribution is 6.07. The Labute approximate surface area is 209 Å². The number of anilines is 1. The Morgan fingerprint density at radius 3 is 1.68 bits per heavy atom. The van der Waals surface area contributed by atoms with Gasteiger partial charge in [0, 0.05) is 60.2 Å². The van der Waals surface area contributed by atoms with Crippen molar-refractivity contribution in [3.05, 3.63) is 78.4 Å². The molecule has 4 nitrogen and oxygen atoms in total. The average molecular weight is 477 g/mol. The standard InChI is InChI=1S/C29H36N4.ClH/c30-25-15-13-24(14-16-25)8-7-18-32-22-20-31(21-23-32)17-5-6-19-33-28-11-3-1-9-26(28)27-10-2-4-12-29(27)33;/h1-4,9-16H,5-8,17-23,30H2;1H. The second-order valence-corrected chi connectivity index (χ2v) is 9.42. The Kier molecular flexibility index (Phi) is 8.49. The van der Waals surface area contributed by atoms with E-state index in [9.17, 15) is 0 Å². The molecule has 0 bridgehead atoms. The summed E-state index contributed by atoms with van der Waals surface area (Å²) in [5.74, 6) is 0. The van der Waals surface area contributed by atoms with E-state index < -0.39 is 0 Å². The lowest BCUT2D eigenvalue weighted by Crippen LogP contribution is -2.46. The Hall–Kier alpha value is -2.53. The fourth-order valence-corrected chi connectivity index (χ4v) is 5.28. The number of nitrogen functional groups attached to an aromatic ring is 1. The highest BCUT2D eigenvalue weighted by Crippen LogP contribution is 2.29. The van der Waals surface area contributed by atoms with Crippen LogP contribution in [0.3, 0.4) is 0 Å². The van der Waals surface area contributed by atoms with Crippen LogP contribution in [0.5, 0.6) is 0 Å². The molecule has 0 atom stereocenters. The summed E-state index contributed by atoms with van der Waals surface area (Å²) in [5.41, 5.74) is 10.8. The third kappa shape index (κ3) is 5.75. The largest absolute Gasteiger partial charge is 0.399 e. The first-order valence-corrected chi connectivity index (χ1v) is 12.5. The number of unbranched alkanes of at least 4 members (excludes halogenated alkanes) is 1. The first-order valence-electron chi connectivity index (χ1n) is 12.5. The molecule has 2 N–H and O–H groups in total. The number of hydrogen-bond acceptors (Lipinski definition) is 3. The Balaban J connectivity index is 0.00000274. The minimum Gasteiger partial charge on any atom is -0.399 e. The highest BCUT2D eigenvalue weighted by Gasteiger charge is 2.16. The molecule has 1 aromatic heterocycles. The van der Waals surface area contributed by atoms with Gasteiger partial charge in [-0.3, -0.25) is 0 Å². The minimum absolute atomic E-state index is 0. The maximum atomic E-state index is 5.78. The van der Waals surface area contributed by atoms with Gasteiger partial charge >= 0.3 is 0 Å². The number of aryl methyl sites for hydroxylation is 2. The monoisotopic (exact) mass is 476 g/mol. The van der Waals surface area contributed by atoms with Crippen molar-refractivity contribution < 1.29 is 0 Å². The van der Waals surface area contributed by atoms with E-state index in [1.54, 1.807) is 0 Å². The van der Waals surface area contributed by atoms with Crippen molar-refractivity contribution in [1.82, 2.24) is 14.4 Å². The predicted molar refractivity (Wildman–Crippen MR) is 148 cm³/mol. The molecule has 1 saturated heterocycles. The van der Waals surface area contributed by atoms with Crippen LogP contribution in [0.2, 0.25) is 0 Å². The summed E-state index contributed by atoms with van der Waals surface area (Å²) in [4.78, 5) is 5.29. The quantitative estimate of drug-likeness (QED) is 0.244. The molecule has 1 aliphatic heterocycles. The van der Waals surface area contributed by atoms with Gasteiger partial charge in [-0.2, -0.15) is 0 Å². The minimum atomic E-state index is 0. The lowest BCUT2D eigenvalue weighted by Gasteiger charge is -2.34. The van der Waals surface area contributed by atoms with Gasteiger partial charge in [-0.15, -0.1) is 12.4 Å². The fourth-order valence-electron chi connectivity index (χ4n) is 5.28. The van der Waals surface area contributed by atoms with Crippen LogP contribution >= 0.6 is 12.4 Å². The molecule has 1 fully saturated rings. The SMILES string of the molecule is Cl.Nc1ccc(CCCN2CCN(CCCCn3c4ccccc4c4ccccc43)CC2)cc1. The van der Waals surface area contributed by atoms with Gasteiger partial charge in [0.1, 0.15) is 0 Å². The Bertz CT molecular complexity index is 1120. The number of halogens is 1. The summed E-state index contributed by atoms with van der Waals surface area (Å²) in [5, 5.41) is 2.75. The van der Waals surface area contributed by atoms with Crippen LogP contribution in [0.25, 0.3) is 21.8 Å². The number of para-hydroxylation sites is 2. The first kappa shape index (κ1) is 24.6. The van der Waals surface area contributed by atoms with Crippen molar-refractivity contribution in [1.29, 1.82) is 0 Å². The van der Waals surface area contributed by atoms with Crippen LogP contribution in [0.4, 0.5) is 5.69 Å². The summed E-state index contributed by atoms with van der Waals surface area (Å²) in [6, 6.07) is 26.0. The van der Waals surface area contributed by atoms with Crippen molar-refractivity contribution in [3.63, 3.8) is 0 Å². The van der Waals surface area contributed by atoms with E-state index in [0.29, 0.717) is 0 Å². The van der Waals surface area contributed by atoms with E-state index in [0.717, 1.165) is 18.7 Å². The van der Waals surface area contributed by atoms with Crippen LogP contribution in [0.1, 0.15) is 24.8 Å². The lowest BCUT2D eigenvalue weighted by atomic mass is 10.1.